The molecule has 0 spiro atoms. The summed E-state index contributed by atoms with van der Waals surface area (Å²) >= 11 is 6.98. The molecule has 6 nitrogen and oxygen atoms in total. The molecule has 3 aromatic rings. The summed E-state index contributed by atoms with van der Waals surface area (Å²) in [5.74, 6) is -0.379. The van der Waals surface area contributed by atoms with Gasteiger partial charge in [0.25, 0.3) is 0 Å². The van der Waals surface area contributed by atoms with Crippen molar-refractivity contribution in [1.82, 2.24) is 4.57 Å². The first-order chi connectivity index (χ1) is 13.4. The second-order valence-electron chi connectivity index (χ2n) is 5.78. The van der Waals surface area contributed by atoms with E-state index in [9.17, 15) is 10.1 Å². The first-order valence-electron chi connectivity index (χ1n) is 8.01. The highest BCUT2D eigenvalue weighted by molar-refractivity contribution is 9.11. The van der Waals surface area contributed by atoms with E-state index in [1.54, 1.807) is 30.0 Å². The maximum absolute atomic E-state index is 11.0. The molecule has 28 heavy (non-hydrogen) atoms. The minimum absolute atomic E-state index is 0.114. The number of benzene rings is 2. The first-order valence-corrected chi connectivity index (χ1v) is 9.60. The zero-order chi connectivity index (χ0) is 20.3. The zero-order valence-electron chi connectivity index (χ0n) is 14.6. The number of nitrogens with zero attached hydrogens (tertiary/aromatic N) is 2. The Morgan fingerprint density at radius 2 is 1.82 bits per heavy atom. The van der Waals surface area contributed by atoms with E-state index >= 15 is 0 Å². The average molecular weight is 506 g/mol. The number of ether oxygens (including phenoxy) is 2. The maximum atomic E-state index is 11.0. The van der Waals surface area contributed by atoms with Gasteiger partial charge in [0.15, 0.2) is 12.5 Å². The second kappa shape index (κ2) is 8.61. The zero-order valence-corrected chi connectivity index (χ0v) is 17.8. The van der Waals surface area contributed by atoms with Gasteiger partial charge in [0.05, 0.1) is 20.1 Å². The number of nitriles is 1. The van der Waals surface area contributed by atoms with Gasteiger partial charge in [-0.05, 0) is 73.8 Å². The Morgan fingerprint density at radius 3 is 2.36 bits per heavy atom. The highest BCUT2D eigenvalue weighted by Gasteiger charge is 2.15. The highest BCUT2D eigenvalue weighted by atomic mass is 79.9. The van der Waals surface area contributed by atoms with E-state index in [4.69, 9.17) is 14.6 Å². The van der Waals surface area contributed by atoms with Gasteiger partial charge in [-0.15, -0.1) is 0 Å². The van der Waals surface area contributed by atoms with Gasteiger partial charge in [-0.25, -0.2) is 4.79 Å². The maximum Gasteiger partial charge on any atom is 0.335 e. The van der Waals surface area contributed by atoms with Gasteiger partial charge in [-0.1, -0.05) is 0 Å². The lowest BCUT2D eigenvalue weighted by atomic mass is 10.1. The van der Waals surface area contributed by atoms with Gasteiger partial charge in [-0.3, -0.25) is 0 Å². The van der Waals surface area contributed by atoms with Gasteiger partial charge >= 0.3 is 5.97 Å². The third kappa shape index (κ3) is 4.12. The number of aromatic nitrogens is 1. The Morgan fingerprint density at radius 1 is 1.18 bits per heavy atom. The number of carbonyl (C=O) groups is 1. The summed E-state index contributed by atoms with van der Waals surface area (Å²) in [6.07, 6.45) is 3.54. The van der Waals surface area contributed by atoms with Crippen molar-refractivity contribution < 1.29 is 19.4 Å². The number of hydrogen-bond acceptors (Lipinski definition) is 4. The van der Waals surface area contributed by atoms with Crippen LogP contribution in [0, 0.1) is 11.3 Å². The van der Waals surface area contributed by atoms with Gasteiger partial charge in [0, 0.05) is 30.8 Å². The standard InChI is InChI=1S/C20H14Br2N2O4/c1-27-11-28-19-17(21)6-13(7-18(19)22)16-10-24(9-14(16)8-23)15-4-2-12(3-5-15)20(25)26/h2-7,9-10H,11H2,1H3,(H,25,26). The lowest BCUT2D eigenvalue weighted by molar-refractivity contribution is 0.0500. The summed E-state index contributed by atoms with van der Waals surface area (Å²) in [5.41, 5.74) is 3.01. The predicted octanol–water partition coefficient (Wildman–Crippen LogP) is 5.22. The average Bonchev–Trinajstić information content (AvgIpc) is 3.12. The van der Waals surface area contributed by atoms with E-state index in [0.717, 1.165) is 25.8 Å². The van der Waals surface area contributed by atoms with Crippen LogP contribution >= 0.6 is 31.9 Å². The number of carboxylic acids is 1. The van der Waals surface area contributed by atoms with E-state index in [2.05, 4.69) is 37.9 Å². The summed E-state index contributed by atoms with van der Waals surface area (Å²) in [7, 11) is 1.54. The molecule has 142 valence electrons. The highest BCUT2D eigenvalue weighted by Crippen LogP contribution is 2.39. The van der Waals surface area contributed by atoms with Crippen LogP contribution in [0.25, 0.3) is 16.8 Å². The molecule has 1 N–H and O–H groups in total. The SMILES string of the molecule is COCOc1c(Br)cc(-c2cn(-c3ccc(C(=O)O)cc3)cc2C#N)cc1Br. The molecule has 0 bridgehead atoms. The van der Waals surface area contributed by atoms with Crippen LogP contribution in [-0.4, -0.2) is 29.5 Å². The molecular weight excluding hydrogens is 492 g/mol. The van der Waals surface area contributed by atoms with Crippen LogP contribution in [0.2, 0.25) is 0 Å². The number of rotatable bonds is 6. The van der Waals surface area contributed by atoms with Gasteiger partial charge < -0.3 is 19.1 Å². The summed E-state index contributed by atoms with van der Waals surface area (Å²) < 4.78 is 13.7. The van der Waals surface area contributed by atoms with E-state index in [0.29, 0.717) is 11.3 Å². The van der Waals surface area contributed by atoms with Crippen LogP contribution in [0.3, 0.4) is 0 Å². The van der Waals surface area contributed by atoms with Crippen LogP contribution in [-0.2, 0) is 4.74 Å². The Hall–Kier alpha value is -2.60. The third-order valence-electron chi connectivity index (χ3n) is 3.99. The van der Waals surface area contributed by atoms with Crippen molar-refractivity contribution in [3.8, 4) is 28.6 Å². The molecule has 0 aliphatic carbocycles. The Labute approximate surface area is 178 Å². The van der Waals surface area contributed by atoms with Crippen LogP contribution < -0.4 is 4.74 Å². The van der Waals surface area contributed by atoms with E-state index in [-0.39, 0.29) is 12.4 Å². The van der Waals surface area contributed by atoms with Crippen LogP contribution in [0.5, 0.6) is 5.75 Å². The second-order valence-corrected chi connectivity index (χ2v) is 7.49. The van der Waals surface area contributed by atoms with Crippen LogP contribution in [0.15, 0.2) is 57.7 Å². The molecule has 0 saturated carbocycles. The lowest BCUT2D eigenvalue weighted by Crippen LogP contribution is -2.00. The van der Waals surface area contributed by atoms with E-state index in [1.165, 1.54) is 12.1 Å². The number of methoxy groups -OCH3 is 1. The number of hydrogen-bond donors (Lipinski definition) is 1. The Kier molecular flexibility index (Phi) is 6.19. The topological polar surface area (TPSA) is 84.5 Å². The molecule has 0 amide bonds. The quantitative estimate of drug-likeness (QED) is 0.464. The molecule has 3 rings (SSSR count). The molecular formula is C20H14Br2N2O4. The van der Waals surface area contributed by atoms with Crippen molar-refractivity contribution in [2.24, 2.45) is 0 Å². The largest absolute Gasteiger partial charge is 0.478 e. The molecule has 0 fully saturated rings. The van der Waals surface area contributed by atoms with Crippen LogP contribution in [0.4, 0.5) is 0 Å². The minimum Gasteiger partial charge on any atom is -0.478 e. The number of carboxylic acid groups (broad SMARTS) is 1. The molecule has 0 unspecified atom stereocenters. The molecule has 0 aliphatic heterocycles. The van der Waals surface area contributed by atoms with Gasteiger partial charge in [-0.2, -0.15) is 5.26 Å². The third-order valence-corrected chi connectivity index (χ3v) is 5.17. The normalized spacial score (nSPS) is 10.5. The van der Waals surface area contributed by atoms with Crippen molar-refractivity contribution in [3.05, 3.63) is 68.9 Å². The Balaban J connectivity index is 2.01. The van der Waals surface area contributed by atoms with E-state index in [1.807, 2.05) is 18.3 Å². The fourth-order valence-corrected chi connectivity index (χ4v) is 4.09. The first kappa shape index (κ1) is 20.1. The monoisotopic (exact) mass is 504 g/mol. The fraction of sp³-hybridized carbons (Fsp3) is 0.100. The summed E-state index contributed by atoms with van der Waals surface area (Å²) in [6, 6.07) is 12.4. The molecule has 0 aliphatic rings. The predicted molar refractivity (Wildman–Crippen MR) is 111 cm³/mol. The van der Waals surface area contributed by atoms with Crippen molar-refractivity contribution in [2.75, 3.05) is 13.9 Å². The molecule has 2 aromatic carbocycles. The fourth-order valence-electron chi connectivity index (χ4n) is 2.67. The number of halogens is 2. The van der Waals surface area contributed by atoms with Gasteiger partial charge in [0.2, 0.25) is 0 Å². The summed E-state index contributed by atoms with van der Waals surface area (Å²) in [4.78, 5) is 11.0. The lowest BCUT2D eigenvalue weighted by Gasteiger charge is -2.11. The van der Waals surface area contributed by atoms with Gasteiger partial charge in [0.1, 0.15) is 6.07 Å². The molecule has 0 atom stereocenters. The van der Waals surface area contributed by atoms with Crippen LogP contribution in [0.1, 0.15) is 15.9 Å². The molecule has 1 heterocycles. The van der Waals surface area contributed by atoms with Crippen molar-refractivity contribution in [2.45, 2.75) is 0 Å². The molecule has 0 radical (unpaired) electrons. The molecule has 0 saturated heterocycles. The number of aromatic carboxylic acids is 1. The molecule has 8 heteroatoms. The van der Waals surface area contributed by atoms with Crippen molar-refractivity contribution in [1.29, 1.82) is 5.26 Å². The van der Waals surface area contributed by atoms with Crippen molar-refractivity contribution in [3.63, 3.8) is 0 Å². The minimum atomic E-state index is -0.983. The summed E-state index contributed by atoms with van der Waals surface area (Å²) in [5, 5.41) is 18.6. The summed E-state index contributed by atoms with van der Waals surface area (Å²) in [6.45, 7) is 0.114. The Bertz CT molecular complexity index is 1050. The smallest absolute Gasteiger partial charge is 0.335 e. The molecule has 1 aromatic heterocycles. The van der Waals surface area contributed by atoms with E-state index < -0.39 is 5.97 Å². The van der Waals surface area contributed by atoms with Crippen molar-refractivity contribution >= 4 is 37.8 Å².